The van der Waals surface area contributed by atoms with Crippen molar-refractivity contribution in [2.24, 2.45) is 5.73 Å². The van der Waals surface area contributed by atoms with Crippen molar-refractivity contribution >= 4 is 10.9 Å². The summed E-state index contributed by atoms with van der Waals surface area (Å²) in [4.78, 5) is 4.67. The lowest BCUT2D eigenvalue weighted by atomic mass is 9.82. The Hall–Kier alpha value is -1.61. The van der Waals surface area contributed by atoms with E-state index in [0.717, 1.165) is 23.9 Å². The molecule has 3 heteroatoms. The summed E-state index contributed by atoms with van der Waals surface area (Å²) < 4.78 is 0. The van der Waals surface area contributed by atoms with Crippen molar-refractivity contribution in [1.82, 2.24) is 4.98 Å². The fraction of sp³-hybridized carbons (Fsp3) is 0.400. The van der Waals surface area contributed by atoms with Crippen molar-refractivity contribution in [1.29, 1.82) is 0 Å². The van der Waals surface area contributed by atoms with Crippen LogP contribution in [0.15, 0.2) is 30.3 Å². The van der Waals surface area contributed by atoms with E-state index in [0.29, 0.717) is 12.1 Å². The number of phenols is 1. The summed E-state index contributed by atoms with van der Waals surface area (Å²) in [5, 5.41) is 10.9. The Morgan fingerprint density at radius 3 is 2.67 bits per heavy atom. The number of nitrogens with zero attached hydrogens (tertiary/aromatic N) is 1. The molecule has 1 aliphatic carbocycles. The summed E-state index contributed by atoms with van der Waals surface area (Å²) >= 11 is 0. The van der Waals surface area contributed by atoms with Gasteiger partial charge in [-0.25, -0.2) is 4.98 Å². The minimum absolute atomic E-state index is 0.0243. The van der Waals surface area contributed by atoms with Gasteiger partial charge in [0.05, 0.1) is 0 Å². The van der Waals surface area contributed by atoms with Gasteiger partial charge in [0.2, 0.25) is 0 Å². The monoisotopic (exact) mass is 242 g/mol. The summed E-state index contributed by atoms with van der Waals surface area (Å²) in [6.07, 6.45) is 4.65. The van der Waals surface area contributed by atoms with Crippen LogP contribution in [0.25, 0.3) is 10.9 Å². The van der Waals surface area contributed by atoms with E-state index in [9.17, 15) is 5.11 Å². The van der Waals surface area contributed by atoms with Crippen LogP contribution in [0.4, 0.5) is 0 Å². The summed E-state index contributed by atoms with van der Waals surface area (Å²) in [5.74, 6) is 0.250. The molecule has 1 fully saturated rings. The molecule has 3 rings (SSSR count). The molecule has 0 radical (unpaired) electrons. The van der Waals surface area contributed by atoms with Crippen LogP contribution in [0.5, 0.6) is 5.75 Å². The topological polar surface area (TPSA) is 59.1 Å². The number of aromatic hydroxyl groups is 1. The van der Waals surface area contributed by atoms with E-state index < -0.39 is 0 Å². The highest BCUT2D eigenvalue weighted by Gasteiger charge is 2.35. The Morgan fingerprint density at radius 2 is 1.94 bits per heavy atom. The first-order valence-electron chi connectivity index (χ1n) is 6.54. The smallest absolute Gasteiger partial charge is 0.141 e. The van der Waals surface area contributed by atoms with Crippen LogP contribution in [0.2, 0.25) is 0 Å². The van der Waals surface area contributed by atoms with Crippen molar-refractivity contribution in [3.8, 4) is 5.75 Å². The quantitative estimate of drug-likeness (QED) is 0.851. The molecule has 1 aromatic heterocycles. The van der Waals surface area contributed by atoms with Crippen LogP contribution in [0, 0.1) is 0 Å². The zero-order chi connectivity index (χ0) is 12.6. The maximum absolute atomic E-state index is 9.90. The lowest BCUT2D eigenvalue weighted by Gasteiger charge is -2.26. The van der Waals surface area contributed by atoms with E-state index in [1.54, 1.807) is 6.07 Å². The maximum Gasteiger partial charge on any atom is 0.141 e. The Morgan fingerprint density at radius 1 is 1.17 bits per heavy atom. The largest absolute Gasteiger partial charge is 0.506 e. The van der Waals surface area contributed by atoms with Gasteiger partial charge in [-0.1, -0.05) is 31.0 Å². The SMILES string of the molecule is NCC1(c2ccc3cccc(O)c3n2)CCCC1. The van der Waals surface area contributed by atoms with Crippen LogP contribution in [-0.2, 0) is 5.41 Å². The number of rotatable bonds is 2. The fourth-order valence-corrected chi connectivity index (χ4v) is 3.04. The molecule has 1 saturated carbocycles. The van der Waals surface area contributed by atoms with E-state index in [1.165, 1.54) is 12.8 Å². The second-order valence-electron chi connectivity index (χ2n) is 5.24. The van der Waals surface area contributed by atoms with Crippen molar-refractivity contribution in [2.45, 2.75) is 31.1 Å². The van der Waals surface area contributed by atoms with Crippen LogP contribution in [0.1, 0.15) is 31.4 Å². The van der Waals surface area contributed by atoms with E-state index in [1.807, 2.05) is 18.2 Å². The van der Waals surface area contributed by atoms with Gasteiger partial charge in [0, 0.05) is 23.0 Å². The Kier molecular flexibility index (Phi) is 2.71. The molecule has 18 heavy (non-hydrogen) atoms. The van der Waals surface area contributed by atoms with E-state index in [-0.39, 0.29) is 11.2 Å². The molecule has 1 aromatic carbocycles. The van der Waals surface area contributed by atoms with Crippen LogP contribution < -0.4 is 5.73 Å². The molecule has 3 N–H and O–H groups in total. The standard InChI is InChI=1S/C15H18N2O/c16-10-15(8-1-2-9-15)13-7-6-11-4-3-5-12(18)14(11)17-13/h3-7,18H,1-2,8-10,16H2. The number of phenolic OH excluding ortho intramolecular Hbond substituents is 1. The normalized spacial score (nSPS) is 18.3. The number of hydrogen-bond acceptors (Lipinski definition) is 3. The van der Waals surface area contributed by atoms with Gasteiger partial charge in [-0.05, 0) is 25.0 Å². The highest BCUT2D eigenvalue weighted by Crippen LogP contribution is 2.40. The molecule has 1 heterocycles. The average Bonchev–Trinajstić information content (AvgIpc) is 2.89. The second kappa shape index (κ2) is 4.25. The van der Waals surface area contributed by atoms with Gasteiger partial charge in [0.25, 0.3) is 0 Å². The number of benzene rings is 1. The van der Waals surface area contributed by atoms with Crippen molar-refractivity contribution < 1.29 is 5.11 Å². The molecule has 94 valence electrons. The van der Waals surface area contributed by atoms with Crippen LogP contribution >= 0.6 is 0 Å². The molecule has 0 bridgehead atoms. The summed E-state index contributed by atoms with van der Waals surface area (Å²) in [6.45, 7) is 0.638. The molecular formula is C15H18N2O. The molecule has 2 aromatic rings. The van der Waals surface area contributed by atoms with E-state index in [4.69, 9.17) is 5.73 Å². The number of fused-ring (bicyclic) bond motifs is 1. The van der Waals surface area contributed by atoms with Gasteiger partial charge in [-0.2, -0.15) is 0 Å². The van der Waals surface area contributed by atoms with Gasteiger partial charge < -0.3 is 10.8 Å². The fourth-order valence-electron chi connectivity index (χ4n) is 3.04. The van der Waals surface area contributed by atoms with Crippen molar-refractivity contribution in [2.75, 3.05) is 6.54 Å². The molecule has 3 nitrogen and oxygen atoms in total. The number of hydrogen-bond donors (Lipinski definition) is 2. The first-order valence-corrected chi connectivity index (χ1v) is 6.54. The highest BCUT2D eigenvalue weighted by atomic mass is 16.3. The summed E-state index contributed by atoms with van der Waals surface area (Å²) in [7, 11) is 0. The molecule has 0 unspecified atom stereocenters. The van der Waals surface area contributed by atoms with E-state index in [2.05, 4.69) is 11.1 Å². The van der Waals surface area contributed by atoms with Crippen LogP contribution in [-0.4, -0.2) is 16.6 Å². The third-order valence-electron chi connectivity index (χ3n) is 4.19. The maximum atomic E-state index is 9.90. The van der Waals surface area contributed by atoms with Crippen molar-refractivity contribution in [3.63, 3.8) is 0 Å². The minimum Gasteiger partial charge on any atom is -0.506 e. The third kappa shape index (κ3) is 1.66. The molecule has 0 saturated heterocycles. The molecule has 0 amide bonds. The molecular weight excluding hydrogens is 224 g/mol. The van der Waals surface area contributed by atoms with Gasteiger partial charge >= 0.3 is 0 Å². The first-order chi connectivity index (χ1) is 8.75. The Labute approximate surface area is 107 Å². The average molecular weight is 242 g/mol. The van der Waals surface area contributed by atoms with E-state index >= 15 is 0 Å². The second-order valence-corrected chi connectivity index (χ2v) is 5.24. The number of aromatic nitrogens is 1. The van der Waals surface area contributed by atoms with Crippen LogP contribution in [0.3, 0.4) is 0 Å². The highest BCUT2D eigenvalue weighted by molar-refractivity contribution is 5.84. The molecule has 0 aliphatic heterocycles. The number of para-hydroxylation sites is 1. The summed E-state index contributed by atoms with van der Waals surface area (Å²) in [5.41, 5.74) is 7.73. The van der Waals surface area contributed by atoms with Gasteiger partial charge in [0.1, 0.15) is 11.3 Å². The Bertz CT molecular complexity index is 574. The van der Waals surface area contributed by atoms with Gasteiger partial charge in [0.15, 0.2) is 0 Å². The van der Waals surface area contributed by atoms with Crippen molar-refractivity contribution in [3.05, 3.63) is 36.0 Å². The molecule has 1 aliphatic rings. The third-order valence-corrected chi connectivity index (χ3v) is 4.19. The predicted molar refractivity (Wildman–Crippen MR) is 72.6 cm³/mol. The van der Waals surface area contributed by atoms with Gasteiger partial charge in [-0.15, -0.1) is 0 Å². The summed E-state index contributed by atoms with van der Waals surface area (Å²) in [6, 6.07) is 9.60. The Balaban J connectivity index is 2.15. The van der Waals surface area contributed by atoms with Gasteiger partial charge in [-0.3, -0.25) is 0 Å². The lowest BCUT2D eigenvalue weighted by Crippen LogP contribution is -2.32. The molecule has 0 atom stereocenters. The zero-order valence-electron chi connectivity index (χ0n) is 10.4. The number of pyridine rings is 1. The zero-order valence-corrected chi connectivity index (χ0v) is 10.4. The predicted octanol–water partition coefficient (Wildman–Crippen LogP) is 2.71. The minimum atomic E-state index is 0.0243. The number of nitrogens with two attached hydrogens (primary N) is 1. The first kappa shape index (κ1) is 11.5. The lowest BCUT2D eigenvalue weighted by molar-refractivity contribution is 0.439. The molecule has 0 spiro atoms.